The van der Waals surface area contributed by atoms with Gasteiger partial charge in [0.2, 0.25) is 5.95 Å². The minimum Gasteiger partial charge on any atom is -0.337 e. The predicted octanol–water partition coefficient (Wildman–Crippen LogP) is 2.29. The van der Waals surface area contributed by atoms with Crippen molar-refractivity contribution >= 4 is 18.2 Å². The minimum absolute atomic E-state index is 0.0536. The average molecular weight is 354 g/mol. The molecule has 7 nitrogen and oxygen atoms in total. The highest BCUT2D eigenvalue weighted by Gasteiger charge is 2.33. The van der Waals surface area contributed by atoms with Crippen molar-refractivity contribution in [2.45, 2.75) is 12.5 Å². The number of rotatable bonds is 2. The van der Waals surface area contributed by atoms with Gasteiger partial charge in [-0.3, -0.25) is 0 Å². The zero-order valence-electron chi connectivity index (χ0n) is 14.2. The zero-order chi connectivity index (χ0) is 17.9. The molecule has 26 heavy (non-hydrogen) atoms. The number of urea groups is 1. The summed E-state index contributed by atoms with van der Waals surface area (Å²) in [5.74, 6) is 0.0290. The molecule has 1 aromatic carbocycles. The maximum Gasteiger partial charge on any atom is 0.341 e. The molecule has 0 saturated carbocycles. The Labute approximate surface area is 150 Å². The predicted molar refractivity (Wildman–Crippen MR) is 95.3 cm³/mol. The Kier molecular flexibility index (Phi) is 4.47. The molecule has 3 heterocycles. The molecule has 1 aromatic heterocycles. The Morgan fingerprint density at radius 1 is 1.04 bits per heavy atom. The molecule has 1 unspecified atom stereocenters. The van der Waals surface area contributed by atoms with Crippen molar-refractivity contribution in [3.05, 3.63) is 54.1 Å². The SMILES string of the molecule is O=C(N1CCN(c2ncc(F)cn2)CC1)N1N=CCC1c1ccccc1. The normalized spacial score (nSPS) is 19.9. The smallest absolute Gasteiger partial charge is 0.337 e. The number of carbonyl (C=O) groups is 1. The molecule has 2 aliphatic heterocycles. The number of anilines is 1. The molecule has 0 radical (unpaired) electrons. The lowest BCUT2D eigenvalue weighted by molar-refractivity contribution is 0.139. The van der Waals surface area contributed by atoms with Crippen molar-refractivity contribution in [1.29, 1.82) is 0 Å². The van der Waals surface area contributed by atoms with Gasteiger partial charge in [-0.2, -0.15) is 5.10 Å². The largest absolute Gasteiger partial charge is 0.341 e. The number of amides is 2. The summed E-state index contributed by atoms with van der Waals surface area (Å²) >= 11 is 0. The van der Waals surface area contributed by atoms with E-state index in [0.29, 0.717) is 32.1 Å². The van der Waals surface area contributed by atoms with Crippen LogP contribution in [0.4, 0.5) is 15.1 Å². The zero-order valence-corrected chi connectivity index (χ0v) is 14.2. The lowest BCUT2D eigenvalue weighted by Gasteiger charge is -2.37. The van der Waals surface area contributed by atoms with Crippen LogP contribution in [-0.4, -0.2) is 58.3 Å². The fourth-order valence-electron chi connectivity index (χ4n) is 3.26. The second kappa shape index (κ2) is 7.07. The summed E-state index contributed by atoms with van der Waals surface area (Å²) in [6.07, 6.45) is 4.82. The summed E-state index contributed by atoms with van der Waals surface area (Å²) in [4.78, 5) is 24.7. The van der Waals surface area contributed by atoms with Crippen LogP contribution in [0.5, 0.6) is 0 Å². The van der Waals surface area contributed by atoms with Crippen LogP contribution in [-0.2, 0) is 0 Å². The Morgan fingerprint density at radius 3 is 2.42 bits per heavy atom. The number of hydrazone groups is 1. The summed E-state index contributed by atoms with van der Waals surface area (Å²) in [6, 6.07) is 9.79. The number of aromatic nitrogens is 2. The quantitative estimate of drug-likeness (QED) is 0.830. The van der Waals surface area contributed by atoms with Gasteiger partial charge in [0.1, 0.15) is 0 Å². The number of halogens is 1. The standard InChI is InChI=1S/C18H19FN6O/c19-15-12-20-17(21-13-15)23-8-10-24(11-9-23)18(26)25-16(6-7-22-25)14-4-2-1-3-5-14/h1-5,7,12-13,16H,6,8-11H2. The van der Waals surface area contributed by atoms with Gasteiger partial charge in [0.05, 0.1) is 18.4 Å². The lowest BCUT2D eigenvalue weighted by Crippen LogP contribution is -2.52. The van der Waals surface area contributed by atoms with E-state index in [1.54, 1.807) is 16.1 Å². The molecular weight excluding hydrogens is 335 g/mol. The maximum atomic E-state index is 13.0. The molecule has 0 N–H and O–H groups in total. The molecule has 2 amide bonds. The third-order valence-electron chi connectivity index (χ3n) is 4.65. The van der Waals surface area contributed by atoms with E-state index in [0.717, 1.165) is 24.4 Å². The number of nitrogens with zero attached hydrogens (tertiary/aromatic N) is 6. The molecule has 1 saturated heterocycles. The summed E-state index contributed by atoms with van der Waals surface area (Å²) in [6.45, 7) is 2.30. The minimum atomic E-state index is -0.457. The highest BCUT2D eigenvalue weighted by atomic mass is 19.1. The van der Waals surface area contributed by atoms with Gasteiger partial charge in [0.25, 0.3) is 0 Å². The van der Waals surface area contributed by atoms with E-state index >= 15 is 0 Å². The average Bonchev–Trinajstić information content (AvgIpc) is 3.19. The molecule has 0 aliphatic carbocycles. The first-order chi connectivity index (χ1) is 12.7. The number of hydrogen-bond acceptors (Lipinski definition) is 5. The van der Waals surface area contributed by atoms with E-state index in [4.69, 9.17) is 0 Å². The Balaban J connectivity index is 1.40. The van der Waals surface area contributed by atoms with Gasteiger partial charge in [0.15, 0.2) is 5.82 Å². The van der Waals surface area contributed by atoms with Crippen molar-refractivity contribution in [3.8, 4) is 0 Å². The molecule has 1 atom stereocenters. The van der Waals surface area contributed by atoms with Crippen LogP contribution in [0, 0.1) is 5.82 Å². The highest BCUT2D eigenvalue weighted by molar-refractivity contribution is 5.78. The molecular formula is C18H19FN6O. The fraction of sp³-hybridized carbons (Fsp3) is 0.333. The van der Waals surface area contributed by atoms with Crippen LogP contribution < -0.4 is 4.90 Å². The second-order valence-corrected chi connectivity index (χ2v) is 6.26. The monoisotopic (exact) mass is 354 g/mol. The Bertz CT molecular complexity index is 789. The van der Waals surface area contributed by atoms with Crippen molar-refractivity contribution in [2.24, 2.45) is 5.10 Å². The van der Waals surface area contributed by atoms with Crippen LogP contribution in [0.3, 0.4) is 0 Å². The number of hydrogen-bond donors (Lipinski definition) is 0. The van der Waals surface area contributed by atoms with Crippen LogP contribution in [0.15, 0.2) is 47.8 Å². The third kappa shape index (κ3) is 3.22. The molecule has 2 aromatic rings. The van der Waals surface area contributed by atoms with Crippen molar-refractivity contribution in [2.75, 3.05) is 31.1 Å². The van der Waals surface area contributed by atoms with Gasteiger partial charge in [-0.25, -0.2) is 24.2 Å². The lowest BCUT2D eigenvalue weighted by atomic mass is 10.1. The van der Waals surface area contributed by atoms with E-state index < -0.39 is 5.82 Å². The Hall–Kier alpha value is -3.03. The van der Waals surface area contributed by atoms with Gasteiger partial charge in [-0.15, -0.1) is 0 Å². The number of piperazine rings is 1. The van der Waals surface area contributed by atoms with Crippen LogP contribution >= 0.6 is 0 Å². The van der Waals surface area contributed by atoms with Gasteiger partial charge in [0, 0.05) is 38.8 Å². The van der Waals surface area contributed by atoms with E-state index in [-0.39, 0.29) is 12.1 Å². The van der Waals surface area contributed by atoms with Crippen LogP contribution in [0.25, 0.3) is 0 Å². The second-order valence-electron chi connectivity index (χ2n) is 6.26. The van der Waals surface area contributed by atoms with Crippen molar-refractivity contribution in [1.82, 2.24) is 19.9 Å². The van der Waals surface area contributed by atoms with E-state index in [2.05, 4.69) is 15.1 Å². The number of carbonyl (C=O) groups excluding carboxylic acids is 1. The van der Waals surface area contributed by atoms with E-state index in [1.807, 2.05) is 35.2 Å². The fourth-order valence-corrected chi connectivity index (χ4v) is 3.26. The first-order valence-corrected chi connectivity index (χ1v) is 8.60. The summed E-state index contributed by atoms with van der Waals surface area (Å²) in [5, 5.41) is 5.86. The third-order valence-corrected chi connectivity index (χ3v) is 4.65. The summed E-state index contributed by atoms with van der Waals surface area (Å²) < 4.78 is 13.0. The van der Waals surface area contributed by atoms with Crippen molar-refractivity contribution < 1.29 is 9.18 Å². The van der Waals surface area contributed by atoms with Crippen LogP contribution in [0.1, 0.15) is 18.0 Å². The molecule has 0 spiro atoms. The molecule has 0 bridgehead atoms. The van der Waals surface area contributed by atoms with Gasteiger partial charge in [-0.05, 0) is 5.56 Å². The summed E-state index contributed by atoms with van der Waals surface area (Å²) in [5.41, 5.74) is 1.08. The van der Waals surface area contributed by atoms with Crippen LogP contribution in [0.2, 0.25) is 0 Å². The molecule has 8 heteroatoms. The van der Waals surface area contributed by atoms with E-state index in [9.17, 15) is 9.18 Å². The molecule has 4 rings (SSSR count). The number of benzene rings is 1. The summed E-state index contributed by atoms with van der Waals surface area (Å²) in [7, 11) is 0. The van der Waals surface area contributed by atoms with Gasteiger partial charge >= 0.3 is 6.03 Å². The van der Waals surface area contributed by atoms with Crippen molar-refractivity contribution in [3.63, 3.8) is 0 Å². The molecule has 2 aliphatic rings. The first kappa shape index (κ1) is 16.4. The molecule has 134 valence electrons. The Morgan fingerprint density at radius 2 is 1.73 bits per heavy atom. The first-order valence-electron chi connectivity index (χ1n) is 8.60. The van der Waals surface area contributed by atoms with Gasteiger partial charge in [-0.1, -0.05) is 30.3 Å². The highest BCUT2D eigenvalue weighted by Crippen LogP contribution is 2.29. The van der Waals surface area contributed by atoms with Gasteiger partial charge < -0.3 is 9.80 Å². The maximum absolute atomic E-state index is 13.0. The molecule has 1 fully saturated rings. The topological polar surface area (TPSA) is 64.9 Å². The van der Waals surface area contributed by atoms with E-state index in [1.165, 1.54) is 0 Å².